The fourth-order valence-electron chi connectivity index (χ4n) is 2.47. The molecule has 0 aliphatic heterocycles. The highest BCUT2D eigenvalue weighted by atomic mass is 32.1. The Morgan fingerprint density at radius 2 is 1.69 bits per heavy atom. The molecule has 0 unspecified atom stereocenters. The summed E-state index contributed by atoms with van der Waals surface area (Å²) in [6.07, 6.45) is 0. The Morgan fingerprint density at radius 3 is 2.23 bits per heavy atom. The van der Waals surface area contributed by atoms with E-state index in [1.165, 1.54) is 16.2 Å². The molecule has 0 radical (unpaired) electrons. The van der Waals surface area contributed by atoms with Gasteiger partial charge in [0, 0.05) is 31.4 Å². The van der Waals surface area contributed by atoms with Crippen molar-refractivity contribution < 1.29 is 14.4 Å². The van der Waals surface area contributed by atoms with Crippen LogP contribution >= 0.6 is 11.3 Å². The van der Waals surface area contributed by atoms with Gasteiger partial charge in [-0.05, 0) is 49.6 Å². The minimum atomic E-state index is -0.235. The maximum Gasteiger partial charge on any atom is 0.265 e. The molecule has 0 aliphatic carbocycles. The Bertz CT molecular complexity index is 753. The van der Waals surface area contributed by atoms with Crippen molar-refractivity contribution in [2.75, 3.05) is 32.0 Å². The average Bonchev–Trinajstić information content (AvgIpc) is 3.17. The first-order valence-corrected chi connectivity index (χ1v) is 9.32. The van der Waals surface area contributed by atoms with Crippen LogP contribution in [-0.4, -0.2) is 54.2 Å². The summed E-state index contributed by atoms with van der Waals surface area (Å²) in [5.74, 6) is -0.492. The third kappa shape index (κ3) is 4.92. The van der Waals surface area contributed by atoms with Gasteiger partial charge in [-0.3, -0.25) is 14.4 Å². The number of thiophene rings is 1. The zero-order valence-corrected chi connectivity index (χ0v) is 16.0. The molecule has 138 valence electrons. The maximum atomic E-state index is 12.5. The molecular weight excluding hydrogens is 350 g/mol. The summed E-state index contributed by atoms with van der Waals surface area (Å²) in [6, 6.07) is 10.2. The summed E-state index contributed by atoms with van der Waals surface area (Å²) in [5, 5.41) is 4.63. The highest BCUT2D eigenvalue weighted by molar-refractivity contribution is 7.12. The van der Waals surface area contributed by atoms with E-state index < -0.39 is 0 Å². The standard InChI is InChI=1S/C19H23N3O3S/c1-4-22(5-2)17(23)13-21(3)19(25)14-8-10-15(11-9-14)20-18(24)16-7-6-12-26-16/h6-12H,4-5,13H2,1-3H3,(H,20,24). The lowest BCUT2D eigenvalue weighted by atomic mass is 10.2. The third-order valence-corrected chi connectivity index (χ3v) is 4.84. The highest BCUT2D eigenvalue weighted by Gasteiger charge is 2.18. The first-order valence-electron chi connectivity index (χ1n) is 8.44. The fraction of sp³-hybridized carbons (Fsp3) is 0.316. The molecule has 0 spiro atoms. The van der Waals surface area contributed by atoms with Crippen LogP contribution in [0.3, 0.4) is 0 Å². The number of carbonyl (C=O) groups excluding carboxylic acids is 3. The summed E-state index contributed by atoms with van der Waals surface area (Å²) in [7, 11) is 1.61. The SMILES string of the molecule is CCN(CC)C(=O)CN(C)C(=O)c1ccc(NC(=O)c2cccs2)cc1. The quantitative estimate of drug-likeness (QED) is 0.811. The number of likely N-dealkylation sites (N-methyl/N-ethyl adjacent to an activating group) is 2. The summed E-state index contributed by atoms with van der Waals surface area (Å²) < 4.78 is 0. The Hall–Kier alpha value is -2.67. The van der Waals surface area contributed by atoms with Gasteiger partial charge in [0.2, 0.25) is 5.91 Å². The molecule has 0 atom stereocenters. The van der Waals surface area contributed by atoms with Crippen molar-refractivity contribution in [2.45, 2.75) is 13.8 Å². The summed E-state index contributed by atoms with van der Waals surface area (Å²) in [6.45, 7) is 5.10. The lowest BCUT2D eigenvalue weighted by Crippen LogP contribution is -2.41. The van der Waals surface area contributed by atoms with Crippen molar-refractivity contribution in [1.82, 2.24) is 9.80 Å². The van der Waals surface area contributed by atoms with E-state index in [-0.39, 0.29) is 24.3 Å². The third-order valence-electron chi connectivity index (χ3n) is 3.97. The topological polar surface area (TPSA) is 69.7 Å². The predicted molar refractivity (Wildman–Crippen MR) is 104 cm³/mol. The summed E-state index contributed by atoms with van der Waals surface area (Å²) in [5.41, 5.74) is 1.08. The van der Waals surface area contributed by atoms with Crippen LogP contribution < -0.4 is 5.32 Å². The monoisotopic (exact) mass is 373 g/mol. The fourth-order valence-corrected chi connectivity index (χ4v) is 3.09. The molecule has 0 fully saturated rings. The molecule has 26 heavy (non-hydrogen) atoms. The number of carbonyl (C=O) groups is 3. The molecule has 6 nitrogen and oxygen atoms in total. The molecular formula is C19H23N3O3S. The molecule has 2 rings (SSSR count). The molecule has 2 aromatic rings. The van der Waals surface area contributed by atoms with Gasteiger partial charge in [0.25, 0.3) is 11.8 Å². The number of hydrogen-bond acceptors (Lipinski definition) is 4. The number of benzene rings is 1. The van der Waals surface area contributed by atoms with E-state index in [1.54, 1.807) is 42.3 Å². The number of anilines is 1. The van der Waals surface area contributed by atoms with E-state index >= 15 is 0 Å². The second-order valence-corrected chi connectivity index (χ2v) is 6.68. The largest absolute Gasteiger partial charge is 0.342 e. The molecule has 1 N–H and O–H groups in total. The van der Waals surface area contributed by atoms with Crippen molar-refractivity contribution >= 4 is 34.7 Å². The van der Waals surface area contributed by atoms with Crippen LogP contribution in [0.4, 0.5) is 5.69 Å². The van der Waals surface area contributed by atoms with Crippen LogP contribution in [-0.2, 0) is 4.79 Å². The van der Waals surface area contributed by atoms with Crippen molar-refractivity contribution in [3.05, 3.63) is 52.2 Å². The lowest BCUT2D eigenvalue weighted by molar-refractivity contribution is -0.131. The Labute approximate surface area is 157 Å². The van der Waals surface area contributed by atoms with Crippen LogP contribution in [0.1, 0.15) is 33.9 Å². The van der Waals surface area contributed by atoms with Gasteiger partial charge in [-0.1, -0.05) is 6.07 Å². The molecule has 1 aromatic carbocycles. The smallest absolute Gasteiger partial charge is 0.265 e. The first-order chi connectivity index (χ1) is 12.5. The number of nitrogens with one attached hydrogen (secondary N) is 1. The normalized spacial score (nSPS) is 10.3. The second kappa shape index (κ2) is 9.15. The number of rotatable bonds is 7. The van der Waals surface area contributed by atoms with E-state index in [0.717, 1.165) is 0 Å². The van der Waals surface area contributed by atoms with E-state index in [1.807, 2.05) is 25.3 Å². The molecule has 0 saturated heterocycles. The van der Waals surface area contributed by atoms with E-state index in [2.05, 4.69) is 5.32 Å². The molecule has 7 heteroatoms. The number of hydrogen-bond donors (Lipinski definition) is 1. The van der Waals surface area contributed by atoms with Gasteiger partial charge >= 0.3 is 0 Å². The minimum absolute atomic E-state index is 0.0391. The van der Waals surface area contributed by atoms with E-state index in [4.69, 9.17) is 0 Å². The van der Waals surface area contributed by atoms with Crippen molar-refractivity contribution in [3.8, 4) is 0 Å². The van der Waals surface area contributed by atoms with Gasteiger partial charge in [0.05, 0.1) is 11.4 Å². The molecule has 1 heterocycles. The molecule has 0 aliphatic rings. The van der Waals surface area contributed by atoms with Crippen molar-refractivity contribution in [2.24, 2.45) is 0 Å². The second-order valence-electron chi connectivity index (χ2n) is 5.74. The molecule has 1 aromatic heterocycles. The Balaban J connectivity index is 1.97. The van der Waals surface area contributed by atoms with E-state index in [9.17, 15) is 14.4 Å². The van der Waals surface area contributed by atoms with E-state index in [0.29, 0.717) is 29.2 Å². The Kier molecular flexibility index (Phi) is 6.91. The van der Waals surface area contributed by atoms with Crippen LogP contribution in [0.25, 0.3) is 0 Å². The average molecular weight is 373 g/mol. The minimum Gasteiger partial charge on any atom is -0.342 e. The lowest BCUT2D eigenvalue weighted by Gasteiger charge is -2.23. The van der Waals surface area contributed by atoms with Gasteiger partial charge in [0.15, 0.2) is 0 Å². The van der Waals surface area contributed by atoms with Crippen LogP contribution in [0, 0.1) is 0 Å². The van der Waals surface area contributed by atoms with Crippen molar-refractivity contribution in [1.29, 1.82) is 0 Å². The van der Waals surface area contributed by atoms with Gasteiger partial charge in [-0.15, -0.1) is 11.3 Å². The van der Waals surface area contributed by atoms with Crippen LogP contribution in [0.2, 0.25) is 0 Å². The predicted octanol–water partition coefficient (Wildman–Crippen LogP) is 2.94. The number of amides is 3. The van der Waals surface area contributed by atoms with Gasteiger partial charge < -0.3 is 15.1 Å². The molecule has 0 bridgehead atoms. The van der Waals surface area contributed by atoms with Crippen LogP contribution in [0.5, 0.6) is 0 Å². The highest BCUT2D eigenvalue weighted by Crippen LogP contribution is 2.15. The number of nitrogens with zero attached hydrogens (tertiary/aromatic N) is 2. The Morgan fingerprint density at radius 1 is 1.04 bits per heavy atom. The molecule has 3 amide bonds. The summed E-state index contributed by atoms with van der Waals surface area (Å²) in [4.78, 5) is 40.3. The van der Waals surface area contributed by atoms with Gasteiger partial charge in [0.1, 0.15) is 0 Å². The first kappa shape index (κ1) is 19.7. The molecule has 0 saturated carbocycles. The van der Waals surface area contributed by atoms with Crippen LogP contribution in [0.15, 0.2) is 41.8 Å². The summed E-state index contributed by atoms with van der Waals surface area (Å²) >= 11 is 1.37. The maximum absolute atomic E-state index is 12.5. The van der Waals surface area contributed by atoms with Crippen molar-refractivity contribution in [3.63, 3.8) is 0 Å². The van der Waals surface area contributed by atoms with Gasteiger partial charge in [-0.2, -0.15) is 0 Å². The van der Waals surface area contributed by atoms with Gasteiger partial charge in [-0.25, -0.2) is 0 Å². The zero-order valence-electron chi connectivity index (χ0n) is 15.2. The zero-order chi connectivity index (χ0) is 19.1.